The molecule has 1 atom stereocenters. The average molecular weight is 289 g/mol. The van der Waals surface area contributed by atoms with E-state index in [-0.39, 0.29) is 0 Å². The Kier molecular flexibility index (Phi) is 3.19. The number of fused-ring (bicyclic) bond motifs is 1. The maximum Gasteiger partial charge on any atom is 0.0645 e. The third kappa shape index (κ3) is 2.29. The molecule has 3 heteroatoms. The fourth-order valence-corrected chi connectivity index (χ4v) is 3.23. The van der Waals surface area contributed by atoms with E-state index in [9.17, 15) is 0 Å². The maximum atomic E-state index is 4.50. The molecule has 4 rings (SSSR count). The van der Waals surface area contributed by atoms with Gasteiger partial charge in [0.15, 0.2) is 0 Å². The van der Waals surface area contributed by atoms with Crippen LogP contribution < -0.4 is 4.90 Å². The minimum absolute atomic E-state index is 0.539. The third-order valence-electron chi connectivity index (χ3n) is 4.36. The molecule has 0 fully saturated rings. The van der Waals surface area contributed by atoms with Crippen LogP contribution in [0.15, 0.2) is 67.0 Å². The zero-order valence-corrected chi connectivity index (χ0v) is 12.7. The van der Waals surface area contributed by atoms with E-state index in [1.165, 1.54) is 16.8 Å². The highest BCUT2D eigenvalue weighted by molar-refractivity contribution is 5.59. The summed E-state index contributed by atoms with van der Waals surface area (Å²) in [7, 11) is 0. The molecule has 22 heavy (non-hydrogen) atoms. The lowest BCUT2D eigenvalue weighted by molar-refractivity contribution is 0.672. The molecule has 0 bridgehead atoms. The first-order valence-electron chi connectivity index (χ1n) is 7.75. The Bertz CT molecular complexity index is 776. The Balaban J connectivity index is 1.59. The topological polar surface area (TPSA) is 21.1 Å². The van der Waals surface area contributed by atoms with Gasteiger partial charge in [-0.05, 0) is 37.1 Å². The van der Waals surface area contributed by atoms with Gasteiger partial charge in [-0.15, -0.1) is 0 Å². The van der Waals surface area contributed by atoms with Crippen molar-refractivity contribution in [3.63, 3.8) is 0 Å². The third-order valence-corrected chi connectivity index (χ3v) is 4.36. The van der Waals surface area contributed by atoms with E-state index in [1.807, 2.05) is 29.1 Å². The second-order valence-electron chi connectivity index (χ2n) is 5.94. The summed E-state index contributed by atoms with van der Waals surface area (Å²) in [5.74, 6) is 0. The standard InChI is InChI=1S/C19H19N3/c1-15-11-17-7-5-6-10-19(17)21(15)13-16-12-20-22(14-16)18-8-3-2-4-9-18/h2-10,12,14-15H,11,13H2,1H3. The molecule has 0 spiro atoms. The van der Waals surface area contributed by atoms with Crippen LogP contribution >= 0.6 is 0 Å². The van der Waals surface area contributed by atoms with Crippen LogP contribution in [0.1, 0.15) is 18.1 Å². The first-order valence-corrected chi connectivity index (χ1v) is 7.75. The fourth-order valence-electron chi connectivity index (χ4n) is 3.23. The van der Waals surface area contributed by atoms with Crippen molar-refractivity contribution in [1.82, 2.24) is 9.78 Å². The summed E-state index contributed by atoms with van der Waals surface area (Å²) in [6, 6.07) is 19.5. The second-order valence-corrected chi connectivity index (χ2v) is 5.94. The van der Waals surface area contributed by atoms with Gasteiger partial charge in [-0.3, -0.25) is 0 Å². The largest absolute Gasteiger partial charge is 0.364 e. The Morgan fingerprint density at radius 3 is 2.68 bits per heavy atom. The van der Waals surface area contributed by atoms with Crippen molar-refractivity contribution in [3.8, 4) is 5.69 Å². The summed E-state index contributed by atoms with van der Waals surface area (Å²) in [5, 5.41) is 4.50. The van der Waals surface area contributed by atoms with Crippen molar-refractivity contribution < 1.29 is 0 Å². The smallest absolute Gasteiger partial charge is 0.0645 e. The number of anilines is 1. The minimum Gasteiger partial charge on any atom is -0.364 e. The van der Waals surface area contributed by atoms with Crippen LogP contribution in [0.2, 0.25) is 0 Å². The first kappa shape index (κ1) is 13.1. The van der Waals surface area contributed by atoms with Gasteiger partial charge in [0.1, 0.15) is 0 Å². The predicted octanol–water partition coefficient (Wildman–Crippen LogP) is 3.82. The molecule has 0 saturated carbocycles. The van der Waals surface area contributed by atoms with E-state index in [4.69, 9.17) is 0 Å². The molecule has 110 valence electrons. The van der Waals surface area contributed by atoms with Crippen molar-refractivity contribution >= 4 is 5.69 Å². The molecule has 0 amide bonds. The normalized spacial score (nSPS) is 16.8. The van der Waals surface area contributed by atoms with Crippen LogP contribution in [-0.4, -0.2) is 15.8 Å². The molecule has 3 aromatic rings. The molecule has 0 radical (unpaired) electrons. The molecule has 2 aromatic carbocycles. The Morgan fingerprint density at radius 1 is 1.05 bits per heavy atom. The highest BCUT2D eigenvalue weighted by Crippen LogP contribution is 2.32. The highest BCUT2D eigenvalue weighted by atomic mass is 15.3. The highest BCUT2D eigenvalue weighted by Gasteiger charge is 2.25. The molecule has 1 aliphatic rings. The van der Waals surface area contributed by atoms with Gasteiger partial charge in [-0.25, -0.2) is 4.68 Å². The van der Waals surface area contributed by atoms with Crippen LogP contribution in [0.3, 0.4) is 0 Å². The molecule has 2 heterocycles. The fraction of sp³-hybridized carbons (Fsp3) is 0.211. The zero-order valence-electron chi connectivity index (χ0n) is 12.7. The number of rotatable bonds is 3. The Labute approximate surface area is 130 Å². The summed E-state index contributed by atoms with van der Waals surface area (Å²) in [6.45, 7) is 3.20. The van der Waals surface area contributed by atoms with Gasteiger partial charge < -0.3 is 4.90 Å². The van der Waals surface area contributed by atoms with Gasteiger partial charge in [-0.2, -0.15) is 5.10 Å². The first-order chi connectivity index (χ1) is 10.8. The van der Waals surface area contributed by atoms with Gasteiger partial charge in [0.25, 0.3) is 0 Å². The van der Waals surface area contributed by atoms with Crippen molar-refractivity contribution in [2.45, 2.75) is 25.9 Å². The van der Waals surface area contributed by atoms with Crippen LogP contribution in [-0.2, 0) is 13.0 Å². The summed E-state index contributed by atoms with van der Waals surface area (Å²) < 4.78 is 1.95. The van der Waals surface area contributed by atoms with E-state index >= 15 is 0 Å². The van der Waals surface area contributed by atoms with E-state index in [2.05, 4.69) is 59.5 Å². The molecule has 0 aliphatic carbocycles. The molecule has 1 aromatic heterocycles. The molecule has 0 N–H and O–H groups in total. The number of benzene rings is 2. The SMILES string of the molecule is CC1Cc2ccccc2N1Cc1cnn(-c2ccccc2)c1. The maximum absolute atomic E-state index is 4.50. The van der Waals surface area contributed by atoms with Crippen LogP contribution in [0.4, 0.5) is 5.69 Å². The van der Waals surface area contributed by atoms with Gasteiger partial charge in [0.2, 0.25) is 0 Å². The van der Waals surface area contributed by atoms with Gasteiger partial charge in [-0.1, -0.05) is 36.4 Å². The average Bonchev–Trinajstić information content (AvgIpc) is 3.14. The quantitative estimate of drug-likeness (QED) is 0.731. The van der Waals surface area contributed by atoms with E-state index in [0.717, 1.165) is 18.7 Å². The lowest BCUT2D eigenvalue weighted by Crippen LogP contribution is -2.28. The molecular formula is C19H19N3. The molecule has 1 aliphatic heterocycles. The van der Waals surface area contributed by atoms with E-state index in [0.29, 0.717) is 6.04 Å². The monoisotopic (exact) mass is 289 g/mol. The second kappa shape index (κ2) is 5.34. The van der Waals surface area contributed by atoms with Gasteiger partial charge >= 0.3 is 0 Å². The molecular weight excluding hydrogens is 270 g/mol. The van der Waals surface area contributed by atoms with Crippen molar-refractivity contribution in [2.75, 3.05) is 4.90 Å². The van der Waals surface area contributed by atoms with Crippen molar-refractivity contribution in [2.24, 2.45) is 0 Å². The van der Waals surface area contributed by atoms with E-state index < -0.39 is 0 Å². The Hall–Kier alpha value is -2.55. The number of para-hydroxylation sites is 2. The lowest BCUT2D eigenvalue weighted by atomic mass is 10.1. The summed E-state index contributed by atoms with van der Waals surface area (Å²) >= 11 is 0. The minimum atomic E-state index is 0.539. The number of hydrogen-bond acceptors (Lipinski definition) is 2. The lowest BCUT2D eigenvalue weighted by Gasteiger charge is -2.24. The van der Waals surface area contributed by atoms with Crippen LogP contribution in [0, 0.1) is 0 Å². The van der Waals surface area contributed by atoms with Crippen molar-refractivity contribution in [1.29, 1.82) is 0 Å². The number of hydrogen-bond donors (Lipinski definition) is 0. The summed E-state index contributed by atoms with van der Waals surface area (Å²) in [5.41, 5.74) is 5.16. The summed E-state index contributed by atoms with van der Waals surface area (Å²) in [4.78, 5) is 2.47. The van der Waals surface area contributed by atoms with Gasteiger partial charge in [0.05, 0.1) is 11.9 Å². The van der Waals surface area contributed by atoms with Gasteiger partial charge in [0, 0.05) is 30.0 Å². The molecule has 0 saturated heterocycles. The van der Waals surface area contributed by atoms with E-state index in [1.54, 1.807) is 0 Å². The number of aromatic nitrogens is 2. The van der Waals surface area contributed by atoms with Crippen molar-refractivity contribution in [3.05, 3.63) is 78.1 Å². The molecule has 3 nitrogen and oxygen atoms in total. The summed E-state index contributed by atoms with van der Waals surface area (Å²) in [6.07, 6.45) is 5.23. The predicted molar refractivity (Wildman–Crippen MR) is 89.4 cm³/mol. The Morgan fingerprint density at radius 2 is 1.82 bits per heavy atom. The van der Waals surface area contributed by atoms with Crippen LogP contribution in [0.25, 0.3) is 5.69 Å². The molecule has 1 unspecified atom stereocenters. The zero-order chi connectivity index (χ0) is 14.9. The van der Waals surface area contributed by atoms with Crippen LogP contribution in [0.5, 0.6) is 0 Å². The number of nitrogens with zero attached hydrogens (tertiary/aromatic N) is 3.